The average Bonchev–Trinajstić information content (AvgIpc) is 2.68. The van der Waals surface area contributed by atoms with E-state index < -0.39 is 11.7 Å². The van der Waals surface area contributed by atoms with Gasteiger partial charge in [0.25, 0.3) is 11.8 Å². The lowest BCUT2D eigenvalue weighted by Gasteiger charge is -2.17. The highest BCUT2D eigenvalue weighted by molar-refractivity contribution is 6.05. The second kappa shape index (κ2) is 8.23. The van der Waals surface area contributed by atoms with Crippen LogP contribution in [0.2, 0.25) is 0 Å². The average molecular weight is 363 g/mol. The first kappa shape index (κ1) is 18.3. The smallest absolute Gasteiger partial charge is 0.272 e. The van der Waals surface area contributed by atoms with Crippen molar-refractivity contribution in [2.75, 3.05) is 12.4 Å². The van der Waals surface area contributed by atoms with Crippen molar-refractivity contribution in [2.24, 2.45) is 0 Å². The summed E-state index contributed by atoms with van der Waals surface area (Å²) in [6.07, 6.45) is 1.41. The number of anilines is 1. The molecule has 0 spiro atoms. The number of pyridine rings is 1. The first-order chi connectivity index (χ1) is 13.0. The van der Waals surface area contributed by atoms with E-state index >= 15 is 0 Å². The summed E-state index contributed by atoms with van der Waals surface area (Å²) < 4.78 is 13.2. The minimum atomic E-state index is -0.444. The van der Waals surface area contributed by atoms with Crippen molar-refractivity contribution in [3.63, 3.8) is 0 Å². The van der Waals surface area contributed by atoms with E-state index in [1.54, 1.807) is 13.1 Å². The molecule has 0 saturated heterocycles. The maximum atomic E-state index is 13.2. The Morgan fingerprint density at radius 3 is 2.56 bits per heavy atom. The minimum absolute atomic E-state index is 0.167. The Hall–Kier alpha value is -3.54. The van der Waals surface area contributed by atoms with Crippen LogP contribution in [0.15, 0.2) is 72.9 Å². The van der Waals surface area contributed by atoms with Gasteiger partial charge in [0.05, 0.1) is 0 Å². The van der Waals surface area contributed by atoms with Crippen LogP contribution in [0.25, 0.3) is 0 Å². The van der Waals surface area contributed by atoms with Gasteiger partial charge in [-0.05, 0) is 35.9 Å². The molecule has 0 aliphatic rings. The zero-order chi connectivity index (χ0) is 19.2. The largest absolute Gasteiger partial charge is 0.336 e. The van der Waals surface area contributed by atoms with Gasteiger partial charge < -0.3 is 10.2 Å². The molecular formula is C21H18FN3O2. The number of carbonyl (C=O) groups excluding carboxylic acids is 2. The van der Waals surface area contributed by atoms with E-state index in [0.717, 1.165) is 5.56 Å². The topological polar surface area (TPSA) is 62.3 Å². The summed E-state index contributed by atoms with van der Waals surface area (Å²) >= 11 is 0. The predicted octanol–water partition coefficient (Wildman–Crippen LogP) is 3.75. The molecule has 0 unspecified atom stereocenters. The van der Waals surface area contributed by atoms with E-state index in [2.05, 4.69) is 10.3 Å². The number of nitrogens with one attached hydrogen (secondary N) is 1. The zero-order valence-corrected chi connectivity index (χ0v) is 14.7. The minimum Gasteiger partial charge on any atom is -0.336 e. The molecule has 3 rings (SSSR count). The molecule has 3 aromatic rings. The molecular weight excluding hydrogens is 345 g/mol. The Labute approximate surface area is 156 Å². The molecule has 1 heterocycles. The van der Waals surface area contributed by atoms with Gasteiger partial charge in [0.15, 0.2) is 0 Å². The summed E-state index contributed by atoms with van der Waals surface area (Å²) in [7, 11) is 1.68. The lowest BCUT2D eigenvalue weighted by molar-refractivity contribution is 0.0779. The van der Waals surface area contributed by atoms with E-state index in [1.807, 2.05) is 30.3 Å². The fourth-order valence-electron chi connectivity index (χ4n) is 2.58. The normalized spacial score (nSPS) is 10.3. The van der Waals surface area contributed by atoms with Crippen LogP contribution in [-0.2, 0) is 6.54 Å². The van der Waals surface area contributed by atoms with Gasteiger partial charge in [-0.3, -0.25) is 14.6 Å². The molecule has 2 aromatic carbocycles. The maximum Gasteiger partial charge on any atom is 0.272 e. The van der Waals surface area contributed by atoms with Crippen LogP contribution in [-0.4, -0.2) is 28.7 Å². The third-order valence-corrected chi connectivity index (χ3v) is 3.93. The standard InChI is InChI=1S/C21H18FN3O2/c1-25(14-15-6-3-2-4-7-15)21(27)19-12-16(10-11-23-19)20(26)24-18-9-5-8-17(22)13-18/h2-13H,14H2,1H3,(H,24,26). The van der Waals surface area contributed by atoms with Gasteiger partial charge >= 0.3 is 0 Å². The molecule has 5 nitrogen and oxygen atoms in total. The Kier molecular flexibility index (Phi) is 5.56. The van der Waals surface area contributed by atoms with Gasteiger partial charge in [-0.2, -0.15) is 0 Å². The summed E-state index contributed by atoms with van der Waals surface area (Å²) in [5.74, 6) is -1.18. The fourth-order valence-corrected chi connectivity index (χ4v) is 2.58. The molecule has 2 amide bonds. The number of rotatable bonds is 5. The number of halogens is 1. The van der Waals surface area contributed by atoms with Crippen LogP contribution >= 0.6 is 0 Å². The molecule has 0 aliphatic carbocycles. The number of aromatic nitrogens is 1. The lowest BCUT2D eigenvalue weighted by Crippen LogP contribution is -2.27. The SMILES string of the molecule is CN(Cc1ccccc1)C(=O)c1cc(C(=O)Nc2cccc(F)c2)ccn1. The van der Waals surface area contributed by atoms with E-state index in [0.29, 0.717) is 12.2 Å². The number of hydrogen-bond acceptors (Lipinski definition) is 3. The van der Waals surface area contributed by atoms with Crippen LogP contribution in [0.5, 0.6) is 0 Å². The molecule has 0 aliphatic heterocycles. The van der Waals surface area contributed by atoms with Crippen LogP contribution in [0, 0.1) is 5.82 Å². The van der Waals surface area contributed by atoms with Gasteiger partial charge in [-0.25, -0.2) is 4.39 Å². The van der Waals surface area contributed by atoms with Gasteiger partial charge in [0.2, 0.25) is 0 Å². The summed E-state index contributed by atoms with van der Waals surface area (Å²) in [6.45, 7) is 0.432. The van der Waals surface area contributed by atoms with Crippen LogP contribution in [0.3, 0.4) is 0 Å². The predicted molar refractivity (Wildman–Crippen MR) is 101 cm³/mol. The Bertz CT molecular complexity index is 960. The molecule has 1 aromatic heterocycles. The van der Waals surface area contributed by atoms with E-state index in [4.69, 9.17) is 0 Å². The van der Waals surface area contributed by atoms with E-state index in [1.165, 1.54) is 41.4 Å². The molecule has 27 heavy (non-hydrogen) atoms. The maximum absolute atomic E-state index is 13.2. The molecule has 0 radical (unpaired) electrons. The molecule has 136 valence electrons. The van der Waals surface area contributed by atoms with Crippen molar-refractivity contribution in [3.8, 4) is 0 Å². The molecule has 1 N–H and O–H groups in total. The van der Waals surface area contributed by atoms with Gasteiger partial charge in [0, 0.05) is 31.0 Å². The van der Waals surface area contributed by atoms with Gasteiger partial charge in [0.1, 0.15) is 11.5 Å². The quantitative estimate of drug-likeness (QED) is 0.751. The second-order valence-corrected chi connectivity index (χ2v) is 6.04. The lowest BCUT2D eigenvalue weighted by atomic mass is 10.1. The monoisotopic (exact) mass is 363 g/mol. The highest BCUT2D eigenvalue weighted by atomic mass is 19.1. The van der Waals surface area contributed by atoms with Crippen molar-refractivity contribution >= 4 is 17.5 Å². The van der Waals surface area contributed by atoms with Crippen LogP contribution in [0.4, 0.5) is 10.1 Å². The van der Waals surface area contributed by atoms with E-state index in [-0.39, 0.29) is 17.2 Å². The molecule has 0 fully saturated rings. The molecule has 0 saturated carbocycles. The summed E-state index contributed by atoms with van der Waals surface area (Å²) in [5.41, 5.74) is 1.77. The summed E-state index contributed by atoms with van der Waals surface area (Å²) in [5, 5.41) is 2.60. The number of amides is 2. The van der Waals surface area contributed by atoms with Crippen molar-refractivity contribution in [1.29, 1.82) is 0 Å². The highest BCUT2D eigenvalue weighted by Crippen LogP contribution is 2.13. The van der Waals surface area contributed by atoms with Crippen molar-refractivity contribution in [2.45, 2.75) is 6.54 Å². The third-order valence-electron chi connectivity index (χ3n) is 3.93. The molecule has 6 heteroatoms. The van der Waals surface area contributed by atoms with Crippen LogP contribution in [0.1, 0.15) is 26.4 Å². The Morgan fingerprint density at radius 1 is 1.04 bits per heavy atom. The first-order valence-corrected chi connectivity index (χ1v) is 8.35. The Balaban J connectivity index is 1.72. The fraction of sp³-hybridized carbons (Fsp3) is 0.0952. The Morgan fingerprint density at radius 2 is 1.81 bits per heavy atom. The van der Waals surface area contributed by atoms with Crippen molar-refractivity contribution in [3.05, 3.63) is 95.6 Å². The third kappa shape index (κ3) is 4.76. The highest BCUT2D eigenvalue weighted by Gasteiger charge is 2.16. The van der Waals surface area contributed by atoms with Gasteiger partial charge in [-0.1, -0.05) is 36.4 Å². The number of benzene rings is 2. The van der Waals surface area contributed by atoms with Crippen molar-refractivity contribution in [1.82, 2.24) is 9.88 Å². The summed E-state index contributed by atoms with van der Waals surface area (Å²) in [6, 6.07) is 18.1. The zero-order valence-electron chi connectivity index (χ0n) is 14.7. The van der Waals surface area contributed by atoms with Crippen molar-refractivity contribution < 1.29 is 14.0 Å². The summed E-state index contributed by atoms with van der Waals surface area (Å²) in [4.78, 5) is 30.6. The van der Waals surface area contributed by atoms with Crippen LogP contribution < -0.4 is 5.32 Å². The first-order valence-electron chi connectivity index (χ1n) is 8.35. The second-order valence-electron chi connectivity index (χ2n) is 6.04. The van der Waals surface area contributed by atoms with Gasteiger partial charge in [-0.15, -0.1) is 0 Å². The van der Waals surface area contributed by atoms with E-state index in [9.17, 15) is 14.0 Å². The number of nitrogens with zero attached hydrogens (tertiary/aromatic N) is 2. The molecule has 0 bridgehead atoms. The molecule has 0 atom stereocenters. The number of carbonyl (C=O) groups is 2. The number of hydrogen-bond donors (Lipinski definition) is 1.